The van der Waals surface area contributed by atoms with Gasteiger partial charge in [0.05, 0.1) is 0 Å². The predicted molar refractivity (Wildman–Crippen MR) is 80.7 cm³/mol. The summed E-state index contributed by atoms with van der Waals surface area (Å²) in [5.41, 5.74) is 0.670. The van der Waals surface area contributed by atoms with Crippen molar-refractivity contribution in [2.75, 3.05) is 0 Å². The van der Waals surface area contributed by atoms with E-state index in [0.717, 1.165) is 25.7 Å². The van der Waals surface area contributed by atoms with E-state index in [1.54, 1.807) is 31.3 Å². The van der Waals surface area contributed by atoms with Gasteiger partial charge in [-0.25, -0.2) is 0 Å². The minimum atomic E-state index is -0.582. The van der Waals surface area contributed by atoms with Gasteiger partial charge in [0.1, 0.15) is 11.1 Å². The Morgan fingerprint density at radius 1 is 1.35 bits per heavy atom. The molecule has 1 fully saturated rings. The Bertz CT molecular complexity index is 828. The molecule has 0 bridgehead atoms. The third-order valence-electron chi connectivity index (χ3n) is 4.28. The largest absolute Gasteiger partial charge is 0.449 e. The summed E-state index contributed by atoms with van der Waals surface area (Å²) in [6, 6.07) is 5.20. The van der Waals surface area contributed by atoms with E-state index in [-0.39, 0.29) is 11.7 Å². The molecule has 7 nitrogen and oxygen atoms in total. The van der Waals surface area contributed by atoms with Gasteiger partial charge in [-0.1, -0.05) is 18.0 Å². The van der Waals surface area contributed by atoms with Crippen LogP contribution in [0.3, 0.4) is 0 Å². The average molecular weight is 312 g/mol. The van der Waals surface area contributed by atoms with Crippen molar-refractivity contribution in [3.63, 3.8) is 0 Å². The molecule has 7 heteroatoms. The van der Waals surface area contributed by atoms with E-state index < -0.39 is 5.54 Å². The van der Waals surface area contributed by atoms with Crippen molar-refractivity contribution in [2.24, 2.45) is 0 Å². The molecule has 3 aromatic heterocycles. The Balaban J connectivity index is 1.65. The van der Waals surface area contributed by atoms with Crippen molar-refractivity contribution >= 4 is 17.0 Å². The fourth-order valence-corrected chi connectivity index (χ4v) is 3.14. The van der Waals surface area contributed by atoms with Gasteiger partial charge in [-0.15, -0.1) is 0 Å². The van der Waals surface area contributed by atoms with E-state index >= 15 is 0 Å². The van der Waals surface area contributed by atoms with E-state index in [0.29, 0.717) is 22.8 Å². The molecule has 1 amide bonds. The van der Waals surface area contributed by atoms with E-state index in [2.05, 4.69) is 20.4 Å². The molecule has 0 aliphatic heterocycles. The molecule has 118 valence electrons. The minimum Gasteiger partial charge on any atom is -0.449 e. The van der Waals surface area contributed by atoms with Gasteiger partial charge in [0.15, 0.2) is 17.2 Å². The Labute approximate surface area is 132 Å². The topological polar surface area (TPSA) is 94.1 Å². The second-order valence-corrected chi connectivity index (χ2v) is 5.88. The van der Waals surface area contributed by atoms with Crippen LogP contribution in [0.25, 0.3) is 11.1 Å². The number of fused-ring (bicyclic) bond motifs is 1. The Hall–Kier alpha value is -2.70. The number of furan rings is 1. The van der Waals surface area contributed by atoms with Crippen LogP contribution >= 0.6 is 0 Å². The van der Waals surface area contributed by atoms with Gasteiger partial charge in [-0.2, -0.15) is 4.98 Å². The maximum atomic E-state index is 12.6. The molecule has 0 aromatic carbocycles. The molecule has 0 unspecified atom stereocenters. The summed E-state index contributed by atoms with van der Waals surface area (Å²) in [7, 11) is 0. The zero-order valence-electron chi connectivity index (χ0n) is 12.7. The number of nitrogens with zero attached hydrogens (tertiary/aromatic N) is 3. The first kappa shape index (κ1) is 13.9. The monoisotopic (exact) mass is 312 g/mol. The summed E-state index contributed by atoms with van der Waals surface area (Å²) in [6.45, 7) is 1.74. The van der Waals surface area contributed by atoms with Crippen LogP contribution in [0.1, 0.15) is 48.0 Å². The highest BCUT2D eigenvalue weighted by Gasteiger charge is 2.41. The highest BCUT2D eigenvalue weighted by molar-refractivity contribution is 5.95. The molecule has 1 saturated carbocycles. The third-order valence-corrected chi connectivity index (χ3v) is 4.28. The van der Waals surface area contributed by atoms with Gasteiger partial charge in [0.25, 0.3) is 5.91 Å². The molecule has 1 aliphatic rings. The first-order valence-corrected chi connectivity index (χ1v) is 7.64. The maximum Gasteiger partial charge on any atom is 0.287 e. The maximum absolute atomic E-state index is 12.6. The van der Waals surface area contributed by atoms with Crippen molar-refractivity contribution in [1.82, 2.24) is 20.4 Å². The zero-order valence-corrected chi connectivity index (χ0v) is 12.7. The molecule has 3 aromatic rings. The van der Waals surface area contributed by atoms with Crippen molar-refractivity contribution in [1.29, 1.82) is 0 Å². The van der Waals surface area contributed by atoms with Crippen LogP contribution in [0.5, 0.6) is 0 Å². The average Bonchev–Trinajstić information content (AvgIpc) is 3.25. The van der Waals surface area contributed by atoms with Gasteiger partial charge in [-0.3, -0.25) is 9.78 Å². The molecule has 3 heterocycles. The summed E-state index contributed by atoms with van der Waals surface area (Å²) >= 11 is 0. The molecule has 0 spiro atoms. The number of amides is 1. The number of aryl methyl sites for hydroxylation is 1. The molecular formula is C16H16N4O3. The lowest BCUT2D eigenvalue weighted by molar-refractivity contribution is 0.0865. The number of nitrogens with one attached hydrogen (secondary N) is 1. The fraction of sp³-hybridized carbons (Fsp3) is 0.375. The Morgan fingerprint density at radius 3 is 2.87 bits per heavy atom. The SMILES string of the molecule is Cc1nc(C2(NC(=O)c3cc4ncccc4o3)CCCC2)no1. The summed E-state index contributed by atoms with van der Waals surface area (Å²) in [6.07, 6.45) is 5.26. The van der Waals surface area contributed by atoms with Crippen molar-refractivity contribution < 1.29 is 13.7 Å². The quantitative estimate of drug-likeness (QED) is 0.799. The van der Waals surface area contributed by atoms with Gasteiger partial charge < -0.3 is 14.3 Å². The minimum absolute atomic E-state index is 0.241. The van der Waals surface area contributed by atoms with Gasteiger partial charge >= 0.3 is 0 Å². The first-order chi connectivity index (χ1) is 11.2. The summed E-state index contributed by atoms with van der Waals surface area (Å²) in [5.74, 6) is 0.987. The van der Waals surface area contributed by atoms with Crippen molar-refractivity contribution in [3.05, 3.63) is 41.9 Å². The first-order valence-electron chi connectivity index (χ1n) is 7.64. The lowest BCUT2D eigenvalue weighted by Crippen LogP contribution is -2.44. The van der Waals surface area contributed by atoms with Crippen LogP contribution in [0, 0.1) is 6.92 Å². The highest BCUT2D eigenvalue weighted by Crippen LogP contribution is 2.37. The summed E-state index contributed by atoms with van der Waals surface area (Å²) < 4.78 is 10.7. The molecule has 1 N–H and O–H groups in total. The lowest BCUT2D eigenvalue weighted by Gasteiger charge is -2.26. The Morgan fingerprint density at radius 2 is 2.17 bits per heavy atom. The van der Waals surface area contributed by atoms with Gasteiger partial charge in [0, 0.05) is 19.2 Å². The van der Waals surface area contributed by atoms with Gasteiger partial charge in [-0.05, 0) is 25.0 Å². The molecular weight excluding hydrogens is 296 g/mol. The zero-order chi connectivity index (χ0) is 15.9. The number of rotatable bonds is 3. The third kappa shape index (κ3) is 2.38. The molecule has 1 aliphatic carbocycles. The molecule has 0 saturated heterocycles. The second-order valence-electron chi connectivity index (χ2n) is 5.88. The summed E-state index contributed by atoms with van der Waals surface area (Å²) in [4.78, 5) is 21.1. The number of carbonyl (C=O) groups excluding carboxylic acids is 1. The smallest absolute Gasteiger partial charge is 0.287 e. The second kappa shape index (κ2) is 5.19. The molecule has 23 heavy (non-hydrogen) atoms. The van der Waals surface area contributed by atoms with E-state index in [1.807, 2.05) is 0 Å². The molecule has 0 radical (unpaired) electrons. The predicted octanol–water partition coefficient (Wildman–Crippen LogP) is 2.72. The fourth-order valence-electron chi connectivity index (χ4n) is 3.14. The normalized spacial score (nSPS) is 16.7. The van der Waals surface area contributed by atoms with Crippen molar-refractivity contribution in [3.8, 4) is 0 Å². The van der Waals surface area contributed by atoms with E-state index in [4.69, 9.17) is 8.94 Å². The molecule has 0 atom stereocenters. The number of hydrogen-bond acceptors (Lipinski definition) is 6. The molecule has 4 rings (SSSR count). The van der Waals surface area contributed by atoms with Crippen LogP contribution in [-0.2, 0) is 5.54 Å². The summed E-state index contributed by atoms with van der Waals surface area (Å²) in [5, 5.41) is 7.07. The number of carbonyl (C=O) groups is 1. The van der Waals surface area contributed by atoms with Crippen LogP contribution in [0.4, 0.5) is 0 Å². The number of pyridine rings is 1. The Kier molecular flexibility index (Phi) is 3.14. The highest BCUT2D eigenvalue weighted by atomic mass is 16.5. The van der Waals surface area contributed by atoms with Crippen LogP contribution in [0.15, 0.2) is 33.3 Å². The van der Waals surface area contributed by atoms with Crippen LogP contribution < -0.4 is 5.32 Å². The number of hydrogen-bond donors (Lipinski definition) is 1. The lowest BCUT2D eigenvalue weighted by atomic mass is 9.96. The van der Waals surface area contributed by atoms with Crippen LogP contribution in [-0.4, -0.2) is 21.0 Å². The number of aromatic nitrogens is 3. The standard InChI is InChI=1S/C16H16N4O3/c1-10-18-15(20-23-10)16(6-2-3-7-16)19-14(21)13-9-11-12(22-13)5-4-8-17-11/h4-5,8-9H,2-3,6-7H2,1H3,(H,19,21). The van der Waals surface area contributed by atoms with E-state index in [9.17, 15) is 4.79 Å². The van der Waals surface area contributed by atoms with Crippen molar-refractivity contribution in [2.45, 2.75) is 38.1 Å². The van der Waals surface area contributed by atoms with Crippen LogP contribution in [0.2, 0.25) is 0 Å². The van der Waals surface area contributed by atoms with Gasteiger partial charge in [0.2, 0.25) is 5.89 Å². The van der Waals surface area contributed by atoms with E-state index in [1.165, 1.54) is 0 Å².